The summed E-state index contributed by atoms with van der Waals surface area (Å²) in [5, 5.41) is 14.5. The summed E-state index contributed by atoms with van der Waals surface area (Å²) in [7, 11) is 3.39. The molecule has 4 aliphatic rings. The van der Waals surface area contributed by atoms with Crippen molar-refractivity contribution in [2.75, 3.05) is 51.8 Å². The summed E-state index contributed by atoms with van der Waals surface area (Å²) in [5.41, 5.74) is 10.4. The Morgan fingerprint density at radius 1 is 0.975 bits per heavy atom. The van der Waals surface area contributed by atoms with Gasteiger partial charge in [-0.2, -0.15) is 4.68 Å². The number of ketones is 1. The summed E-state index contributed by atoms with van der Waals surface area (Å²) < 4.78 is 21.4. The molecule has 0 saturated carbocycles. The van der Waals surface area contributed by atoms with E-state index in [0.29, 0.717) is 97.6 Å². The average molecular weight is 1100 g/mol. The predicted octanol–water partition coefficient (Wildman–Crippen LogP) is 7.21. The molecule has 5 N–H and O–H groups in total. The SMILES string of the molecule is [C-]#[N+]c1c2c(nn1CCNC(=O)CCCCCCCCC(=O)N1CCC([C@H](NC(=O)[C@H](C)NC)C(=O)N3CCC[C@H]3C3=NC(C(=O)c4ccc(F)cc4)CS3)CC1)CN(C)C(=O)c1ccc(C)cc1[C@@H](C)Oc1cc-2cnc1N. The third kappa shape index (κ3) is 14.0. The van der Waals surface area contributed by atoms with Gasteiger partial charge in [0.05, 0.1) is 30.2 Å². The number of thioether (sulfide) groups is 1. The van der Waals surface area contributed by atoms with Gasteiger partial charge < -0.3 is 46.0 Å². The number of aliphatic imine (C=N–C) groups is 1. The number of nitrogen functional groups attached to an aromatic ring is 1. The molecule has 5 amide bonds. The van der Waals surface area contributed by atoms with Crippen LogP contribution in [0.2, 0.25) is 0 Å². The number of Topliss-reactive ketones (excluding diaryl/α,β-unsaturated/α-hetero) is 1. The molecule has 19 nitrogen and oxygen atoms in total. The minimum absolute atomic E-state index is 0.0808. The van der Waals surface area contributed by atoms with Crippen molar-refractivity contribution in [3.63, 3.8) is 0 Å². The van der Waals surface area contributed by atoms with Crippen LogP contribution in [0.1, 0.15) is 135 Å². The summed E-state index contributed by atoms with van der Waals surface area (Å²) >= 11 is 1.47. The van der Waals surface area contributed by atoms with E-state index in [1.807, 2.05) is 35.8 Å². The molecule has 4 aromatic rings. The standard InChI is InChI=1S/C58H73FN12O7S/c1-35-17-22-42-43(30-35)37(3)78-47-31-40(32-64-53(47)60)50-44(33-68(6)57(42)76)67-71(54(50)62-5)29-25-63-48(72)15-11-9-7-8-10-12-16-49(73)69-27-23-38(24-28-69)51(66-55(75)36(2)61-4)58(77)70-26-13-14-46(70)56-65-45(34-79-56)52(74)39-18-20-41(59)21-19-39/h17-22,30-32,36-38,45-46,51,61H,7-16,23-29,33-34H2,1-4,6H3,(H2,60,64)(H,63,72)(H,66,75)/t36-,37+,45?,46-,51-/m0/s1. The number of aryl methyl sites for hydroxylation is 1. The number of benzene rings is 2. The maximum atomic E-state index is 14.5. The first-order valence-electron chi connectivity index (χ1n) is 27.6. The van der Waals surface area contributed by atoms with Crippen molar-refractivity contribution in [3.05, 3.63) is 99.9 Å². The summed E-state index contributed by atoms with van der Waals surface area (Å²) in [6, 6.07) is 10.6. The number of pyridine rings is 1. The Kier molecular flexibility index (Phi) is 19.6. The molecule has 2 saturated heterocycles. The molecule has 2 bridgehead atoms. The molecule has 2 aromatic carbocycles. The van der Waals surface area contributed by atoms with E-state index in [4.69, 9.17) is 27.1 Å². The van der Waals surface area contributed by atoms with E-state index >= 15 is 0 Å². The van der Waals surface area contributed by atoms with Gasteiger partial charge in [0.15, 0.2) is 17.4 Å². The van der Waals surface area contributed by atoms with Crippen LogP contribution in [0.4, 0.5) is 16.0 Å². The van der Waals surface area contributed by atoms with E-state index in [-0.39, 0.29) is 78.5 Å². The molecule has 2 fully saturated rings. The monoisotopic (exact) mass is 1100 g/mol. The zero-order chi connectivity index (χ0) is 56.3. The first kappa shape index (κ1) is 58.0. The molecular formula is C58H73FN12O7S. The number of amides is 5. The number of likely N-dealkylation sites (N-methyl/N-ethyl adjacent to an activating group) is 1. The number of piperidine rings is 1. The lowest BCUT2D eigenvalue weighted by atomic mass is 9.87. The van der Waals surface area contributed by atoms with Crippen molar-refractivity contribution in [1.82, 2.24) is 45.4 Å². The number of unbranched alkanes of at least 4 members (excludes halogenated alkanes) is 5. The number of hydrogen-bond donors (Lipinski definition) is 4. The summed E-state index contributed by atoms with van der Waals surface area (Å²) in [6.07, 6.45) is 9.50. The van der Waals surface area contributed by atoms with Crippen molar-refractivity contribution in [2.45, 2.75) is 141 Å². The van der Waals surface area contributed by atoms with Crippen LogP contribution in [0.3, 0.4) is 0 Å². The van der Waals surface area contributed by atoms with Crippen LogP contribution in [0.15, 0.2) is 59.7 Å². The van der Waals surface area contributed by atoms with Gasteiger partial charge in [-0.15, -0.1) is 16.9 Å². The molecule has 21 heteroatoms. The molecule has 0 aliphatic carbocycles. The first-order valence-corrected chi connectivity index (χ1v) is 28.6. The van der Waals surface area contributed by atoms with Crippen LogP contribution >= 0.6 is 11.8 Å². The van der Waals surface area contributed by atoms with Gasteiger partial charge in [-0.05, 0) is 114 Å². The Morgan fingerprint density at radius 2 is 1.70 bits per heavy atom. The molecule has 5 atom stereocenters. The highest BCUT2D eigenvalue weighted by molar-refractivity contribution is 8.14. The number of anilines is 1. The number of aromatic nitrogens is 3. The van der Waals surface area contributed by atoms with Crippen LogP contribution in [-0.2, 0) is 32.3 Å². The Hall–Kier alpha value is -7.18. The Bertz CT molecular complexity index is 2970. The van der Waals surface area contributed by atoms with Crippen LogP contribution in [0.5, 0.6) is 5.75 Å². The van der Waals surface area contributed by atoms with Gasteiger partial charge in [0.25, 0.3) is 11.7 Å². The van der Waals surface area contributed by atoms with Gasteiger partial charge in [-0.25, -0.2) is 9.37 Å². The maximum Gasteiger partial charge on any atom is 0.260 e. The number of halogens is 1. The summed E-state index contributed by atoms with van der Waals surface area (Å²) in [6.45, 7) is 15.8. The second kappa shape index (κ2) is 26.6. The largest absolute Gasteiger partial charge is 0.482 e. The zero-order valence-electron chi connectivity index (χ0n) is 45.9. The summed E-state index contributed by atoms with van der Waals surface area (Å²) in [4.78, 5) is 99.5. The molecule has 79 heavy (non-hydrogen) atoms. The van der Waals surface area contributed by atoms with E-state index in [0.717, 1.165) is 54.7 Å². The Labute approximate surface area is 465 Å². The zero-order valence-corrected chi connectivity index (χ0v) is 46.7. The van der Waals surface area contributed by atoms with Crippen molar-refractivity contribution in [3.8, 4) is 16.9 Å². The topological polar surface area (TPSA) is 231 Å². The Morgan fingerprint density at radius 3 is 2.42 bits per heavy atom. The van der Waals surface area contributed by atoms with Gasteiger partial charge in [0.2, 0.25) is 23.6 Å². The quantitative estimate of drug-likeness (QED) is 0.0391. The number of carbonyl (C=O) groups excluding carboxylic acids is 6. The molecule has 2 aromatic heterocycles. The highest BCUT2D eigenvalue weighted by Gasteiger charge is 2.43. The second-order valence-corrected chi connectivity index (χ2v) is 22.2. The number of likely N-dealkylation sites (tertiary alicyclic amines) is 2. The molecule has 8 rings (SSSR count). The van der Waals surface area contributed by atoms with Gasteiger partial charge in [-0.3, -0.25) is 33.8 Å². The lowest BCUT2D eigenvalue weighted by Crippen LogP contribution is -2.58. The predicted molar refractivity (Wildman–Crippen MR) is 301 cm³/mol. The molecule has 1 unspecified atom stereocenters. The van der Waals surface area contributed by atoms with Crippen LogP contribution < -0.4 is 26.4 Å². The Balaban J connectivity index is 0.758. The molecular weight excluding hydrogens is 1030 g/mol. The highest BCUT2D eigenvalue weighted by Crippen LogP contribution is 2.40. The number of nitrogens with zero attached hydrogens (tertiary/aromatic N) is 8. The third-order valence-corrected chi connectivity index (χ3v) is 16.7. The molecule has 6 heterocycles. The molecule has 4 aliphatic heterocycles. The maximum absolute atomic E-state index is 14.5. The fourth-order valence-corrected chi connectivity index (χ4v) is 12.1. The number of ether oxygens (including phenoxy) is 1. The van der Waals surface area contributed by atoms with Crippen LogP contribution in [0, 0.1) is 25.2 Å². The van der Waals surface area contributed by atoms with Crippen molar-refractivity contribution in [1.29, 1.82) is 0 Å². The van der Waals surface area contributed by atoms with Crippen molar-refractivity contribution < 1.29 is 37.9 Å². The van der Waals surface area contributed by atoms with Gasteiger partial charge in [-0.1, -0.05) is 50.0 Å². The highest BCUT2D eigenvalue weighted by atomic mass is 32.2. The molecule has 0 radical (unpaired) electrons. The van der Waals surface area contributed by atoms with Crippen LogP contribution in [-0.4, -0.2) is 140 Å². The third-order valence-electron chi connectivity index (χ3n) is 15.6. The normalized spacial score (nSPS) is 19.2. The lowest BCUT2D eigenvalue weighted by molar-refractivity contribution is -0.139. The van der Waals surface area contributed by atoms with Gasteiger partial charge >= 0.3 is 0 Å². The smallest absolute Gasteiger partial charge is 0.260 e. The fraction of sp³-hybridized carbons (Fsp3) is 0.517. The minimum Gasteiger partial charge on any atom is -0.482 e. The van der Waals surface area contributed by atoms with E-state index in [9.17, 15) is 33.2 Å². The molecule has 0 spiro atoms. The number of nitrogens with two attached hydrogens (primary N) is 1. The van der Waals surface area contributed by atoms with Crippen molar-refractivity contribution >= 4 is 63.8 Å². The lowest BCUT2D eigenvalue weighted by Gasteiger charge is -2.38. The van der Waals surface area contributed by atoms with E-state index in [1.54, 1.807) is 48.9 Å². The fourth-order valence-electron chi connectivity index (χ4n) is 10.9. The number of hydrogen-bond acceptors (Lipinski definition) is 13. The van der Waals surface area contributed by atoms with Gasteiger partial charge in [0.1, 0.15) is 36.2 Å². The van der Waals surface area contributed by atoms with E-state index < -0.39 is 30.0 Å². The molecule has 420 valence electrons. The number of nitrogens with one attached hydrogen (secondary N) is 3. The minimum atomic E-state index is -0.780. The van der Waals surface area contributed by atoms with Crippen LogP contribution in [0.25, 0.3) is 16.0 Å². The first-order chi connectivity index (χ1) is 38.0. The number of carbonyl (C=O) groups is 6. The average Bonchev–Trinajstić information content (AvgIpc) is 4.45. The second-order valence-electron chi connectivity index (χ2n) is 21.1. The van der Waals surface area contributed by atoms with E-state index in [2.05, 4.69) is 25.8 Å². The number of rotatable bonds is 20. The van der Waals surface area contributed by atoms with E-state index in [1.165, 1.54) is 36.0 Å². The summed E-state index contributed by atoms with van der Waals surface area (Å²) in [5.74, 6) is -0.276. The number of fused-ring (bicyclic) bond motifs is 5. The van der Waals surface area contributed by atoms with Crippen molar-refractivity contribution in [2.24, 2.45) is 10.9 Å². The van der Waals surface area contributed by atoms with Gasteiger partial charge in [0, 0.05) is 73.7 Å².